The number of rotatable bonds is 10. The maximum Gasteiger partial charge on any atom is 0.231 e. The zero-order chi connectivity index (χ0) is 16.7. The van der Waals surface area contributed by atoms with Gasteiger partial charge in [-0.15, -0.1) is 0 Å². The van der Waals surface area contributed by atoms with E-state index in [1.807, 2.05) is 0 Å². The second-order valence-electron chi connectivity index (χ2n) is 7.12. The van der Waals surface area contributed by atoms with Crippen LogP contribution < -0.4 is 14.8 Å². The Balaban J connectivity index is 1.90. The standard InChI is InChI=1S/C19H32N2O2/c1-15(2)5-6-16(9-10-20-11-12-21(3)4)17-7-8-18-19(13-17)23-14-22-18/h7-8,13,15-16,20H,5-6,9-12,14H2,1-4H3. The first-order chi connectivity index (χ1) is 11.1. The second kappa shape index (κ2) is 9.14. The summed E-state index contributed by atoms with van der Waals surface area (Å²) >= 11 is 0. The van der Waals surface area contributed by atoms with Crippen LogP contribution in [0.2, 0.25) is 0 Å². The Morgan fingerprint density at radius 2 is 1.83 bits per heavy atom. The fraction of sp³-hybridized carbons (Fsp3) is 0.684. The summed E-state index contributed by atoms with van der Waals surface area (Å²) in [5.41, 5.74) is 1.38. The van der Waals surface area contributed by atoms with Crippen molar-refractivity contribution in [2.24, 2.45) is 5.92 Å². The minimum Gasteiger partial charge on any atom is -0.454 e. The molecule has 0 radical (unpaired) electrons. The van der Waals surface area contributed by atoms with Gasteiger partial charge in [0.05, 0.1) is 0 Å². The summed E-state index contributed by atoms with van der Waals surface area (Å²) in [6, 6.07) is 6.44. The van der Waals surface area contributed by atoms with E-state index in [2.05, 4.69) is 56.4 Å². The van der Waals surface area contributed by atoms with Crippen LogP contribution >= 0.6 is 0 Å². The average Bonchev–Trinajstić information content (AvgIpc) is 2.96. The molecule has 1 heterocycles. The van der Waals surface area contributed by atoms with Crippen LogP contribution in [0.5, 0.6) is 11.5 Å². The summed E-state index contributed by atoms with van der Waals surface area (Å²) in [7, 11) is 4.22. The van der Waals surface area contributed by atoms with E-state index in [1.165, 1.54) is 24.8 Å². The molecule has 0 bridgehead atoms. The van der Waals surface area contributed by atoms with Gasteiger partial charge in [-0.1, -0.05) is 26.3 Å². The van der Waals surface area contributed by atoms with E-state index in [1.54, 1.807) is 0 Å². The normalized spacial score (nSPS) is 14.7. The summed E-state index contributed by atoms with van der Waals surface area (Å²) in [6.45, 7) is 8.14. The monoisotopic (exact) mass is 320 g/mol. The van der Waals surface area contributed by atoms with Crippen molar-refractivity contribution in [3.8, 4) is 11.5 Å². The van der Waals surface area contributed by atoms with Gasteiger partial charge in [-0.25, -0.2) is 0 Å². The van der Waals surface area contributed by atoms with E-state index in [0.29, 0.717) is 12.7 Å². The minimum absolute atomic E-state index is 0.349. The number of nitrogens with zero attached hydrogens (tertiary/aromatic N) is 1. The van der Waals surface area contributed by atoms with Crippen molar-refractivity contribution in [1.29, 1.82) is 0 Å². The highest BCUT2D eigenvalue weighted by Crippen LogP contribution is 2.36. The number of nitrogens with one attached hydrogen (secondary N) is 1. The van der Waals surface area contributed by atoms with E-state index in [-0.39, 0.29) is 0 Å². The van der Waals surface area contributed by atoms with Crippen LogP contribution in [0, 0.1) is 5.92 Å². The molecule has 130 valence electrons. The topological polar surface area (TPSA) is 33.7 Å². The van der Waals surface area contributed by atoms with Gasteiger partial charge in [0.2, 0.25) is 6.79 Å². The van der Waals surface area contributed by atoms with Crippen LogP contribution in [0.15, 0.2) is 18.2 Å². The summed E-state index contributed by atoms with van der Waals surface area (Å²) in [6.07, 6.45) is 3.66. The fourth-order valence-corrected chi connectivity index (χ4v) is 2.88. The number of hydrogen-bond acceptors (Lipinski definition) is 4. The maximum atomic E-state index is 5.54. The highest BCUT2D eigenvalue weighted by molar-refractivity contribution is 5.45. The predicted octanol–water partition coefficient (Wildman–Crippen LogP) is 3.48. The summed E-state index contributed by atoms with van der Waals surface area (Å²) in [5.74, 6) is 3.10. The van der Waals surface area contributed by atoms with Gasteiger partial charge in [0.25, 0.3) is 0 Å². The molecule has 1 aliphatic heterocycles. The van der Waals surface area contributed by atoms with E-state index in [0.717, 1.165) is 37.1 Å². The van der Waals surface area contributed by atoms with E-state index >= 15 is 0 Å². The lowest BCUT2D eigenvalue weighted by molar-refractivity contribution is 0.174. The van der Waals surface area contributed by atoms with Gasteiger partial charge in [0.1, 0.15) is 0 Å². The van der Waals surface area contributed by atoms with Crippen molar-refractivity contribution in [2.45, 2.75) is 39.0 Å². The molecule has 1 N–H and O–H groups in total. The molecule has 0 aliphatic carbocycles. The molecular weight excluding hydrogens is 288 g/mol. The minimum atomic E-state index is 0.349. The molecule has 0 saturated carbocycles. The van der Waals surface area contributed by atoms with Crippen molar-refractivity contribution < 1.29 is 9.47 Å². The molecule has 4 heteroatoms. The Morgan fingerprint density at radius 3 is 2.57 bits per heavy atom. The number of fused-ring (bicyclic) bond motifs is 1. The fourth-order valence-electron chi connectivity index (χ4n) is 2.88. The highest BCUT2D eigenvalue weighted by Gasteiger charge is 2.18. The Labute approximate surface area is 141 Å². The molecule has 1 atom stereocenters. The second-order valence-corrected chi connectivity index (χ2v) is 7.12. The SMILES string of the molecule is CC(C)CCC(CCNCCN(C)C)c1ccc2c(c1)OCO2. The molecule has 0 saturated heterocycles. The third kappa shape index (κ3) is 6.04. The smallest absolute Gasteiger partial charge is 0.231 e. The molecule has 4 nitrogen and oxygen atoms in total. The van der Waals surface area contributed by atoms with Crippen molar-refractivity contribution >= 4 is 0 Å². The summed E-state index contributed by atoms with van der Waals surface area (Å²) in [5, 5.41) is 3.56. The Hall–Kier alpha value is -1.26. The van der Waals surface area contributed by atoms with Crippen LogP contribution in [0.4, 0.5) is 0 Å². The highest BCUT2D eigenvalue weighted by atomic mass is 16.7. The largest absolute Gasteiger partial charge is 0.454 e. The Bertz CT molecular complexity index is 474. The van der Waals surface area contributed by atoms with E-state index < -0.39 is 0 Å². The zero-order valence-corrected chi connectivity index (χ0v) is 15.1. The molecule has 1 unspecified atom stereocenters. The predicted molar refractivity (Wildman–Crippen MR) is 95.4 cm³/mol. The van der Waals surface area contributed by atoms with Crippen molar-refractivity contribution in [1.82, 2.24) is 10.2 Å². The molecule has 0 amide bonds. The van der Waals surface area contributed by atoms with Crippen LogP contribution in [-0.2, 0) is 0 Å². The van der Waals surface area contributed by atoms with Gasteiger partial charge in [0.15, 0.2) is 11.5 Å². The number of benzene rings is 1. The average molecular weight is 320 g/mol. The van der Waals surface area contributed by atoms with Gasteiger partial charge in [0, 0.05) is 13.1 Å². The van der Waals surface area contributed by atoms with Crippen molar-refractivity contribution in [3.63, 3.8) is 0 Å². The van der Waals surface area contributed by atoms with E-state index in [9.17, 15) is 0 Å². The zero-order valence-electron chi connectivity index (χ0n) is 15.1. The molecule has 23 heavy (non-hydrogen) atoms. The summed E-state index contributed by atoms with van der Waals surface area (Å²) in [4.78, 5) is 2.21. The van der Waals surface area contributed by atoms with Gasteiger partial charge in [-0.05, 0) is 63.0 Å². The number of hydrogen-bond donors (Lipinski definition) is 1. The third-order valence-corrected chi connectivity index (χ3v) is 4.37. The molecule has 1 aliphatic rings. The van der Waals surface area contributed by atoms with Gasteiger partial charge >= 0.3 is 0 Å². The molecule has 1 aromatic rings. The Kier molecular flexibility index (Phi) is 7.18. The van der Waals surface area contributed by atoms with Crippen LogP contribution in [0.3, 0.4) is 0 Å². The lowest BCUT2D eigenvalue weighted by atomic mass is 9.88. The molecule has 0 fully saturated rings. The molecule has 1 aromatic carbocycles. The maximum absolute atomic E-state index is 5.54. The number of likely N-dealkylation sites (N-methyl/N-ethyl adjacent to an activating group) is 1. The first-order valence-corrected chi connectivity index (χ1v) is 8.81. The lowest BCUT2D eigenvalue weighted by Gasteiger charge is -2.20. The first kappa shape index (κ1) is 18.1. The first-order valence-electron chi connectivity index (χ1n) is 8.81. The van der Waals surface area contributed by atoms with Gasteiger partial charge in [-0.3, -0.25) is 0 Å². The molecule has 0 spiro atoms. The van der Waals surface area contributed by atoms with E-state index in [4.69, 9.17) is 9.47 Å². The number of ether oxygens (including phenoxy) is 2. The van der Waals surface area contributed by atoms with Crippen molar-refractivity contribution in [3.05, 3.63) is 23.8 Å². The third-order valence-electron chi connectivity index (χ3n) is 4.37. The van der Waals surface area contributed by atoms with Crippen molar-refractivity contribution in [2.75, 3.05) is 40.5 Å². The van der Waals surface area contributed by atoms with Gasteiger partial charge in [-0.2, -0.15) is 0 Å². The van der Waals surface area contributed by atoms with Crippen LogP contribution in [-0.4, -0.2) is 45.4 Å². The molecular formula is C19H32N2O2. The van der Waals surface area contributed by atoms with Gasteiger partial charge < -0.3 is 19.7 Å². The lowest BCUT2D eigenvalue weighted by Crippen LogP contribution is -2.27. The molecule has 0 aromatic heterocycles. The summed E-state index contributed by atoms with van der Waals surface area (Å²) < 4.78 is 11.0. The van der Waals surface area contributed by atoms with Crippen LogP contribution in [0.1, 0.15) is 44.6 Å². The van der Waals surface area contributed by atoms with Crippen LogP contribution in [0.25, 0.3) is 0 Å². The quantitative estimate of drug-likeness (QED) is 0.669. The molecule has 2 rings (SSSR count). The Morgan fingerprint density at radius 1 is 1.04 bits per heavy atom.